The predicted molar refractivity (Wildman–Crippen MR) is 168 cm³/mol. The Morgan fingerprint density at radius 1 is 0.714 bits per heavy atom. The van der Waals surface area contributed by atoms with Crippen LogP contribution in [0.3, 0.4) is 0 Å². The molecule has 0 aliphatic rings. The van der Waals surface area contributed by atoms with E-state index in [0.29, 0.717) is 11.5 Å². The molecule has 0 aromatic heterocycles. The van der Waals surface area contributed by atoms with Crippen LogP contribution in [0.4, 0.5) is 17.1 Å². The Bertz CT molecular complexity index is 1640. The van der Waals surface area contributed by atoms with Gasteiger partial charge in [0.25, 0.3) is 15.9 Å². The summed E-state index contributed by atoms with van der Waals surface area (Å²) < 4.78 is 39.7. The van der Waals surface area contributed by atoms with Gasteiger partial charge in [-0.1, -0.05) is 36.4 Å². The molecule has 0 saturated heterocycles. The first-order chi connectivity index (χ1) is 20.0. The summed E-state index contributed by atoms with van der Waals surface area (Å²) in [6.07, 6.45) is 0. The van der Waals surface area contributed by atoms with E-state index in [0.717, 1.165) is 22.5 Å². The fourth-order valence-electron chi connectivity index (χ4n) is 4.24. The highest BCUT2D eigenvalue weighted by Gasteiger charge is 2.21. The summed E-state index contributed by atoms with van der Waals surface area (Å²) in [4.78, 5) is 22.2. The van der Waals surface area contributed by atoms with Crippen molar-refractivity contribution in [2.24, 2.45) is 4.99 Å². The summed E-state index contributed by atoms with van der Waals surface area (Å²) in [5.41, 5.74) is 4.17. The lowest BCUT2D eigenvalue weighted by molar-refractivity contribution is 0.100. The van der Waals surface area contributed by atoms with Gasteiger partial charge in [0.2, 0.25) is 0 Å². The summed E-state index contributed by atoms with van der Waals surface area (Å²) >= 11 is 0. The maximum atomic E-state index is 13.7. The van der Waals surface area contributed by atoms with Crippen molar-refractivity contribution in [3.63, 3.8) is 0 Å². The number of ether oxygens (including phenoxy) is 2. The first-order valence-electron chi connectivity index (χ1n) is 13.1. The number of hydrogen-bond acceptors (Lipinski definition) is 7. The molecule has 0 radical (unpaired) electrons. The number of nitrogens with zero attached hydrogens (tertiary/aromatic N) is 3. The number of nitrogens with one attached hydrogen (secondary N) is 1. The van der Waals surface area contributed by atoms with E-state index in [1.54, 1.807) is 18.2 Å². The van der Waals surface area contributed by atoms with Gasteiger partial charge >= 0.3 is 0 Å². The van der Waals surface area contributed by atoms with Crippen LogP contribution in [-0.4, -0.2) is 62.4 Å². The van der Waals surface area contributed by atoms with Crippen molar-refractivity contribution in [2.45, 2.75) is 4.90 Å². The maximum Gasteiger partial charge on any atom is 0.279 e. The molecular weight excluding hydrogens is 552 g/mol. The minimum Gasteiger partial charge on any atom is -0.493 e. The number of amides is 1. The first kappa shape index (κ1) is 30.1. The molecule has 4 aromatic rings. The number of para-hydroxylation sites is 1. The third-order valence-corrected chi connectivity index (χ3v) is 7.96. The molecule has 0 aliphatic carbocycles. The van der Waals surface area contributed by atoms with Gasteiger partial charge < -0.3 is 19.3 Å². The van der Waals surface area contributed by atoms with E-state index in [9.17, 15) is 13.2 Å². The molecule has 0 bridgehead atoms. The molecule has 4 aromatic carbocycles. The van der Waals surface area contributed by atoms with Gasteiger partial charge in [0.1, 0.15) is 0 Å². The van der Waals surface area contributed by atoms with Gasteiger partial charge in [-0.05, 0) is 48.5 Å². The first-order valence-corrected chi connectivity index (χ1v) is 14.5. The molecule has 0 unspecified atom stereocenters. The average Bonchev–Trinajstić information content (AvgIpc) is 2.99. The Labute approximate surface area is 247 Å². The van der Waals surface area contributed by atoms with Gasteiger partial charge in [-0.25, -0.2) is 13.4 Å². The number of rotatable bonds is 10. The van der Waals surface area contributed by atoms with E-state index < -0.39 is 15.9 Å². The second-order valence-corrected chi connectivity index (χ2v) is 11.5. The molecule has 0 atom stereocenters. The van der Waals surface area contributed by atoms with Crippen LogP contribution < -0.4 is 24.0 Å². The highest BCUT2D eigenvalue weighted by atomic mass is 32.2. The maximum absolute atomic E-state index is 13.7. The van der Waals surface area contributed by atoms with E-state index in [2.05, 4.69) is 9.71 Å². The van der Waals surface area contributed by atoms with Gasteiger partial charge in [0.15, 0.2) is 11.5 Å². The van der Waals surface area contributed by atoms with Gasteiger partial charge in [0.05, 0.1) is 36.1 Å². The number of sulfonamides is 1. The standard InChI is InChI=1S/C32H34N4O5S/c1-35(2)24-15-11-22(12-16-24)31(23-13-17-25(18-14-23)36(3)4)33-32(37)27-9-7-8-10-28(27)34-42(38,39)26-19-20-29(40-5)30(21-26)41-6/h7-21,34H,1-6H3. The molecule has 218 valence electrons. The van der Waals surface area contributed by atoms with Crippen LogP contribution >= 0.6 is 0 Å². The Morgan fingerprint density at radius 2 is 1.24 bits per heavy atom. The van der Waals surface area contributed by atoms with Crippen LogP contribution in [-0.2, 0) is 10.0 Å². The third-order valence-electron chi connectivity index (χ3n) is 6.59. The van der Waals surface area contributed by atoms with E-state index in [-0.39, 0.29) is 21.9 Å². The number of hydrogen-bond donors (Lipinski definition) is 1. The van der Waals surface area contributed by atoms with E-state index in [1.807, 2.05) is 86.5 Å². The zero-order chi connectivity index (χ0) is 30.4. The van der Waals surface area contributed by atoms with Crippen LogP contribution in [0.25, 0.3) is 0 Å². The number of anilines is 3. The normalized spacial score (nSPS) is 10.9. The minimum absolute atomic E-state index is 0.0476. The highest BCUT2D eigenvalue weighted by Crippen LogP contribution is 2.31. The number of aliphatic imine (C=N–C) groups is 1. The van der Waals surface area contributed by atoms with Gasteiger partial charge in [-0.2, -0.15) is 0 Å². The monoisotopic (exact) mass is 586 g/mol. The van der Waals surface area contributed by atoms with Gasteiger partial charge in [-0.15, -0.1) is 0 Å². The van der Waals surface area contributed by atoms with Crippen molar-refractivity contribution in [1.29, 1.82) is 0 Å². The van der Waals surface area contributed by atoms with Crippen LogP contribution in [0, 0.1) is 0 Å². The molecule has 1 N–H and O–H groups in total. The van der Waals surface area contributed by atoms with Crippen LogP contribution in [0.5, 0.6) is 11.5 Å². The van der Waals surface area contributed by atoms with Crippen molar-refractivity contribution in [3.05, 3.63) is 108 Å². The van der Waals surface area contributed by atoms with E-state index >= 15 is 0 Å². The molecular formula is C32H34N4O5S. The molecule has 1 amide bonds. The second kappa shape index (κ2) is 12.8. The van der Waals surface area contributed by atoms with Crippen molar-refractivity contribution >= 4 is 38.7 Å². The lowest BCUT2D eigenvalue weighted by Crippen LogP contribution is -2.16. The number of methoxy groups -OCH3 is 2. The molecule has 0 aliphatic heterocycles. The summed E-state index contributed by atoms with van der Waals surface area (Å²) in [6, 6.07) is 26.1. The Balaban J connectivity index is 1.75. The smallest absolute Gasteiger partial charge is 0.279 e. The molecule has 4 rings (SSSR count). The van der Waals surface area contributed by atoms with Crippen LogP contribution in [0.1, 0.15) is 21.5 Å². The second-order valence-electron chi connectivity index (χ2n) is 9.82. The number of carbonyl (C=O) groups excluding carboxylic acids is 1. The fraction of sp³-hybridized carbons (Fsp3) is 0.188. The number of carbonyl (C=O) groups is 1. The zero-order valence-electron chi connectivity index (χ0n) is 24.5. The molecule has 0 heterocycles. The largest absolute Gasteiger partial charge is 0.493 e. The molecule has 0 fully saturated rings. The summed E-state index contributed by atoms with van der Waals surface area (Å²) in [6.45, 7) is 0. The quantitative estimate of drug-likeness (QED) is 0.251. The van der Waals surface area contributed by atoms with E-state index in [4.69, 9.17) is 9.47 Å². The fourth-order valence-corrected chi connectivity index (χ4v) is 5.33. The Kier molecular flexibility index (Phi) is 9.17. The third kappa shape index (κ3) is 6.72. The van der Waals surface area contributed by atoms with Crippen molar-refractivity contribution in [3.8, 4) is 11.5 Å². The molecule has 9 nitrogen and oxygen atoms in total. The molecule has 10 heteroatoms. The predicted octanol–water partition coefficient (Wildman–Crippen LogP) is 5.31. The lowest BCUT2D eigenvalue weighted by atomic mass is 10.0. The van der Waals surface area contributed by atoms with E-state index in [1.165, 1.54) is 38.5 Å². The van der Waals surface area contributed by atoms with Crippen molar-refractivity contribution < 1.29 is 22.7 Å². The molecule has 42 heavy (non-hydrogen) atoms. The topological polar surface area (TPSA) is 101 Å². The van der Waals surface area contributed by atoms with Crippen molar-refractivity contribution in [1.82, 2.24) is 0 Å². The Hall–Kier alpha value is -4.83. The zero-order valence-corrected chi connectivity index (χ0v) is 25.3. The Morgan fingerprint density at radius 3 is 1.74 bits per heavy atom. The molecule has 0 spiro atoms. The summed E-state index contributed by atoms with van der Waals surface area (Å²) in [5.74, 6) is 0.0645. The lowest BCUT2D eigenvalue weighted by Gasteiger charge is -2.16. The molecule has 0 saturated carbocycles. The SMILES string of the molecule is COc1ccc(S(=O)(=O)Nc2ccccc2C(=O)N=C(c2ccc(N(C)C)cc2)c2ccc(N(C)C)cc2)cc1OC. The van der Waals surface area contributed by atoms with Crippen LogP contribution in [0.15, 0.2) is 101 Å². The number of benzene rings is 4. The van der Waals surface area contributed by atoms with Gasteiger partial charge in [0, 0.05) is 56.8 Å². The van der Waals surface area contributed by atoms with Crippen LogP contribution in [0.2, 0.25) is 0 Å². The summed E-state index contributed by atoms with van der Waals surface area (Å²) in [5, 5.41) is 0. The van der Waals surface area contributed by atoms with Gasteiger partial charge in [-0.3, -0.25) is 9.52 Å². The van der Waals surface area contributed by atoms with Crippen molar-refractivity contribution in [2.75, 3.05) is 56.9 Å². The summed E-state index contributed by atoms with van der Waals surface area (Å²) in [7, 11) is 6.62. The average molecular weight is 587 g/mol. The minimum atomic E-state index is -4.08. The highest BCUT2D eigenvalue weighted by molar-refractivity contribution is 7.92.